The molecule has 0 fully saturated rings. The lowest BCUT2D eigenvalue weighted by atomic mass is 10.2. The number of hydrogen-bond acceptors (Lipinski definition) is 4. The van der Waals surface area contributed by atoms with E-state index in [1.54, 1.807) is 12.1 Å². The lowest BCUT2D eigenvalue weighted by molar-refractivity contribution is 0.539. The van der Waals surface area contributed by atoms with Gasteiger partial charge in [0.15, 0.2) is 5.17 Å². The molecule has 0 atom stereocenters. The van der Waals surface area contributed by atoms with Crippen molar-refractivity contribution in [1.82, 2.24) is 4.31 Å². The summed E-state index contributed by atoms with van der Waals surface area (Å²) in [5.74, 6) is -0.327. The smallest absolute Gasteiger partial charge is 0.260 e. The second kappa shape index (κ2) is 6.90. The molecule has 24 heavy (non-hydrogen) atoms. The maximum atomic E-state index is 13.0. The van der Waals surface area contributed by atoms with Gasteiger partial charge in [0.25, 0.3) is 10.0 Å². The number of hydrogen-bond donors (Lipinski definition) is 0. The van der Waals surface area contributed by atoms with Crippen LogP contribution in [0.4, 0.5) is 8.78 Å². The summed E-state index contributed by atoms with van der Waals surface area (Å²) in [7, 11) is -3.76. The van der Waals surface area contributed by atoms with Gasteiger partial charge in [-0.05, 0) is 42.0 Å². The van der Waals surface area contributed by atoms with E-state index in [4.69, 9.17) is 0 Å². The molecule has 0 radical (unpaired) electrons. The second-order valence-electron chi connectivity index (χ2n) is 5.11. The van der Waals surface area contributed by atoms with E-state index < -0.39 is 15.8 Å². The molecule has 0 saturated heterocycles. The molecular formula is C16H14F2N2O2S2. The van der Waals surface area contributed by atoms with Crippen LogP contribution in [0.15, 0.2) is 58.4 Å². The molecule has 126 valence electrons. The van der Waals surface area contributed by atoms with Crippen molar-refractivity contribution in [1.29, 1.82) is 0 Å². The Hall–Kier alpha value is -1.93. The van der Waals surface area contributed by atoms with Crippen molar-refractivity contribution >= 4 is 27.0 Å². The number of sulfonamides is 1. The van der Waals surface area contributed by atoms with Crippen molar-refractivity contribution in [2.24, 2.45) is 4.99 Å². The third-order valence-electron chi connectivity index (χ3n) is 3.45. The molecule has 3 rings (SSSR count). The first-order valence-corrected chi connectivity index (χ1v) is 9.59. The van der Waals surface area contributed by atoms with Gasteiger partial charge in [0.1, 0.15) is 11.6 Å². The van der Waals surface area contributed by atoms with Gasteiger partial charge in [-0.1, -0.05) is 23.9 Å². The first-order chi connectivity index (χ1) is 11.5. The Labute approximate surface area is 143 Å². The molecule has 0 unspecified atom stereocenters. The lowest BCUT2D eigenvalue weighted by Crippen LogP contribution is -2.32. The predicted octanol–water partition coefficient (Wildman–Crippen LogP) is 3.26. The summed E-state index contributed by atoms with van der Waals surface area (Å²) in [5.41, 5.74) is 0.870. The van der Waals surface area contributed by atoms with E-state index in [1.165, 1.54) is 40.3 Å². The third-order valence-corrected chi connectivity index (χ3v) is 6.45. The Bertz CT molecular complexity index is 851. The van der Waals surface area contributed by atoms with E-state index in [9.17, 15) is 17.2 Å². The number of amidine groups is 1. The fraction of sp³-hybridized carbons (Fsp3) is 0.188. The number of nitrogens with zero attached hydrogens (tertiary/aromatic N) is 2. The van der Waals surface area contributed by atoms with E-state index in [2.05, 4.69) is 4.99 Å². The van der Waals surface area contributed by atoms with Crippen LogP contribution in [0, 0.1) is 11.6 Å². The summed E-state index contributed by atoms with van der Waals surface area (Å²) in [4.78, 5) is 4.27. The highest BCUT2D eigenvalue weighted by atomic mass is 32.2. The minimum absolute atomic E-state index is 0.0286. The molecule has 1 aliphatic rings. The van der Waals surface area contributed by atoms with Crippen molar-refractivity contribution < 1.29 is 17.2 Å². The Balaban J connectivity index is 1.75. The molecule has 2 aromatic carbocycles. The van der Waals surface area contributed by atoms with E-state index in [1.807, 2.05) is 0 Å². The van der Waals surface area contributed by atoms with Gasteiger partial charge in [0.2, 0.25) is 0 Å². The number of thioether (sulfide) groups is 1. The minimum Gasteiger partial charge on any atom is -0.260 e. The normalized spacial score (nSPS) is 14.8. The van der Waals surface area contributed by atoms with Gasteiger partial charge in [-0.15, -0.1) is 0 Å². The van der Waals surface area contributed by atoms with Gasteiger partial charge >= 0.3 is 0 Å². The van der Waals surface area contributed by atoms with Crippen molar-refractivity contribution in [3.05, 3.63) is 65.7 Å². The summed E-state index contributed by atoms with van der Waals surface area (Å²) >= 11 is 1.28. The van der Waals surface area contributed by atoms with Crippen LogP contribution in [0.2, 0.25) is 0 Å². The topological polar surface area (TPSA) is 49.7 Å². The van der Waals surface area contributed by atoms with E-state index >= 15 is 0 Å². The summed E-state index contributed by atoms with van der Waals surface area (Å²) in [6.45, 7) is 0.637. The molecule has 0 saturated carbocycles. The van der Waals surface area contributed by atoms with Crippen LogP contribution in [0.3, 0.4) is 0 Å². The molecule has 0 N–H and O–H groups in total. The summed E-state index contributed by atoms with van der Waals surface area (Å²) < 4.78 is 52.5. The molecule has 8 heteroatoms. The van der Waals surface area contributed by atoms with Crippen LogP contribution in [-0.4, -0.2) is 31.0 Å². The molecule has 1 heterocycles. The maximum Gasteiger partial charge on any atom is 0.265 e. The second-order valence-corrected chi connectivity index (χ2v) is 7.92. The Morgan fingerprint density at radius 1 is 1.00 bits per heavy atom. The monoisotopic (exact) mass is 368 g/mol. The molecule has 0 bridgehead atoms. The fourth-order valence-corrected chi connectivity index (χ4v) is 4.89. The molecule has 2 aromatic rings. The zero-order valence-corrected chi connectivity index (χ0v) is 14.2. The SMILES string of the molecule is O=S(=O)(c1ccc(F)cc1)N1CCN=C1SCc1ccc(F)cc1. The van der Waals surface area contributed by atoms with E-state index in [0.29, 0.717) is 17.5 Å². The molecule has 0 amide bonds. The number of rotatable bonds is 4. The van der Waals surface area contributed by atoms with Crippen molar-refractivity contribution in [3.63, 3.8) is 0 Å². The van der Waals surface area contributed by atoms with E-state index in [0.717, 1.165) is 17.7 Å². The fourth-order valence-electron chi connectivity index (χ4n) is 2.21. The van der Waals surface area contributed by atoms with Crippen LogP contribution in [0.25, 0.3) is 0 Å². The Morgan fingerprint density at radius 2 is 1.58 bits per heavy atom. The highest BCUT2D eigenvalue weighted by Crippen LogP contribution is 2.25. The predicted molar refractivity (Wildman–Crippen MR) is 90.3 cm³/mol. The van der Waals surface area contributed by atoms with E-state index in [-0.39, 0.29) is 17.3 Å². The molecule has 0 aliphatic carbocycles. The Kier molecular flexibility index (Phi) is 4.86. The zero-order chi connectivity index (χ0) is 17.2. The molecule has 0 aromatic heterocycles. The summed E-state index contributed by atoms with van der Waals surface area (Å²) in [6.07, 6.45) is 0. The van der Waals surface area contributed by atoms with Crippen LogP contribution in [0.1, 0.15) is 5.56 Å². The first kappa shape index (κ1) is 16.9. The first-order valence-electron chi connectivity index (χ1n) is 7.17. The van der Waals surface area contributed by atoms with Gasteiger partial charge < -0.3 is 0 Å². The highest BCUT2D eigenvalue weighted by Gasteiger charge is 2.30. The lowest BCUT2D eigenvalue weighted by Gasteiger charge is -2.19. The maximum absolute atomic E-state index is 13.0. The number of benzene rings is 2. The summed E-state index contributed by atoms with van der Waals surface area (Å²) in [6, 6.07) is 10.7. The Morgan fingerprint density at radius 3 is 2.21 bits per heavy atom. The average molecular weight is 368 g/mol. The van der Waals surface area contributed by atoms with Gasteiger partial charge in [-0.3, -0.25) is 4.99 Å². The number of aliphatic imine (C=N–C) groups is 1. The third kappa shape index (κ3) is 3.59. The van der Waals surface area contributed by atoms with Crippen molar-refractivity contribution in [3.8, 4) is 0 Å². The molecule has 4 nitrogen and oxygen atoms in total. The van der Waals surface area contributed by atoms with Crippen molar-refractivity contribution in [2.75, 3.05) is 13.1 Å². The molecule has 1 aliphatic heterocycles. The van der Waals surface area contributed by atoms with Crippen LogP contribution >= 0.6 is 11.8 Å². The van der Waals surface area contributed by atoms with Gasteiger partial charge in [-0.25, -0.2) is 21.5 Å². The zero-order valence-electron chi connectivity index (χ0n) is 12.5. The van der Waals surface area contributed by atoms with Crippen molar-refractivity contribution in [2.45, 2.75) is 10.6 Å². The van der Waals surface area contributed by atoms with Crippen LogP contribution < -0.4 is 0 Å². The highest BCUT2D eigenvalue weighted by molar-refractivity contribution is 8.14. The van der Waals surface area contributed by atoms with Crippen LogP contribution in [-0.2, 0) is 15.8 Å². The quantitative estimate of drug-likeness (QED) is 0.832. The summed E-state index contributed by atoms with van der Waals surface area (Å²) in [5, 5.41) is 0.392. The average Bonchev–Trinajstić information content (AvgIpc) is 3.04. The number of halogens is 2. The minimum atomic E-state index is -3.76. The van der Waals surface area contributed by atoms with Crippen LogP contribution in [0.5, 0.6) is 0 Å². The van der Waals surface area contributed by atoms with Gasteiger partial charge in [-0.2, -0.15) is 0 Å². The molecular weight excluding hydrogens is 354 g/mol. The van der Waals surface area contributed by atoms with Gasteiger partial charge in [0, 0.05) is 5.75 Å². The molecule has 0 spiro atoms. The standard InChI is InChI=1S/C16H14F2N2O2S2/c17-13-3-1-12(2-4-13)11-23-16-19-9-10-20(16)24(21,22)15-7-5-14(18)6-8-15/h1-8H,9-11H2. The van der Waals surface area contributed by atoms with Gasteiger partial charge in [0.05, 0.1) is 18.0 Å². The largest absolute Gasteiger partial charge is 0.265 e.